The molecule has 0 saturated carbocycles. The van der Waals surface area contributed by atoms with Crippen molar-refractivity contribution in [2.75, 3.05) is 63.1 Å². The van der Waals surface area contributed by atoms with Gasteiger partial charge < -0.3 is 24.6 Å². The van der Waals surface area contributed by atoms with Gasteiger partial charge in [-0.05, 0) is 97.2 Å². The summed E-state index contributed by atoms with van der Waals surface area (Å²) < 4.78 is 2.36. The molecule has 5 rings (SSSR count). The van der Waals surface area contributed by atoms with Crippen LogP contribution in [0.1, 0.15) is 51.4 Å². The molecule has 7 heteroatoms. The highest BCUT2D eigenvalue weighted by Crippen LogP contribution is 2.28. The van der Waals surface area contributed by atoms with Crippen molar-refractivity contribution >= 4 is 22.8 Å². The number of anilines is 2. The quantitative estimate of drug-likeness (QED) is 0.734. The standard InChI is InChI=1S/C24H39N7/c1-28-17-8-20(9-18-28)25-22-21-10-19-30(16-7-13-29-11-5-6-12-29)23(21)27-24(26-22)31-14-3-2-4-15-31/h10,19-20H,2-9,11-18H2,1H3,(H,25,26,27). The van der Waals surface area contributed by atoms with Gasteiger partial charge in [0.05, 0.1) is 5.39 Å². The molecule has 0 spiro atoms. The highest BCUT2D eigenvalue weighted by atomic mass is 15.3. The van der Waals surface area contributed by atoms with Crippen molar-refractivity contribution in [2.45, 2.75) is 64.0 Å². The van der Waals surface area contributed by atoms with Crippen molar-refractivity contribution in [3.05, 3.63) is 12.3 Å². The first-order valence-corrected chi connectivity index (χ1v) is 12.6. The molecule has 5 heterocycles. The van der Waals surface area contributed by atoms with Gasteiger partial charge >= 0.3 is 0 Å². The van der Waals surface area contributed by atoms with Gasteiger partial charge in [0.25, 0.3) is 0 Å². The van der Waals surface area contributed by atoms with Gasteiger partial charge in [-0.15, -0.1) is 0 Å². The van der Waals surface area contributed by atoms with E-state index in [0.717, 1.165) is 50.1 Å². The van der Waals surface area contributed by atoms with Crippen molar-refractivity contribution in [3.63, 3.8) is 0 Å². The van der Waals surface area contributed by atoms with E-state index in [9.17, 15) is 0 Å². The molecule has 0 atom stereocenters. The molecular weight excluding hydrogens is 386 g/mol. The molecule has 3 aliphatic heterocycles. The molecule has 0 amide bonds. The summed E-state index contributed by atoms with van der Waals surface area (Å²) in [6, 6.07) is 2.73. The number of aryl methyl sites for hydroxylation is 1. The third kappa shape index (κ3) is 4.98. The van der Waals surface area contributed by atoms with Gasteiger partial charge in [-0.3, -0.25) is 0 Å². The van der Waals surface area contributed by atoms with Gasteiger partial charge in [0, 0.05) is 31.9 Å². The molecule has 7 nitrogen and oxygen atoms in total. The van der Waals surface area contributed by atoms with Crippen LogP contribution in [-0.4, -0.2) is 83.2 Å². The summed E-state index contributed by atoms with van der Waals surface area (Å²) in [4.78, 5) is 17.6. The van der Waals surface area contributed by atoms with E-state index >= 15 is 0 Å². The minimum atomic E-state index is 0.502. The van der Waals surface area contributed by atoms with Gasteiger partial charge in [0.15, 0.2) is 0 Å². The molecule has 2 aromatic rings. The SMILES string of the molecule is CN1CCC(Nc2nc(N3CCCCC3)nc3c2ccn3CCCN2CCCC2)CC1. The van der Waals surface area contributed by atoms with E-state index < -0.39 is 0 Å². The molecule has 0 aliphatic carbocycles. The Labute approximate surface area is 186 Å². The highest BCUT2D eigenvalue weighted by molar-refractivity contribution is 5.89. The number of likely N-dealkylation sites (tertiary alicyclic amines) is 2. The Kier molecular flexibility index (Phi) is 6.60. The average Bonchev–Trinajstić information content (AvgIpc) is 3.46. The largest absolute Gasteiger partial charge is 0.367 e. The molecule has 3 fully saturated rings. The zero-order chi connectivity index (χ0) is 21.0. The van der Waals surface area contributed by atoms with E-state index in [0.29, 0.717) is 6.04 Å². The van der Waals surface area contributed by atoms with Crippen LogP contribution in [0.4, 0.5) is 11.8 Å². The van der Waals surface area contributed by atoms with Crippen LogP contribution in [0.15, 0.2) is 12.3 Å². The van der Waals surface area contributed by atoms with Crippen LogP contribution in [0, 0.1) is 0 Å². The molecule has 170 valence electrons. The molecule has 1 N–H and O–H groups in total. The number of piperidine rings is 2. The van der Waals surface area contributed by atoms with E-state index in [1.807, 2.05) is 0 Å². The van der Waals surface area contributed by atoms with E-state index in [2.05, 4.69) is 43.9 Å². The lowest BCUT2D eigenvalue weighted by Gasteiger charge is -2.31. The Bertz CT molecular complexity index is 843. The van der Waals surface area contributed by atoms with Crippen LogP contribution < -0.4 is 10.2 Å². The molecule has 2 aromatic heterocycles. The van der Waals surface area contributed by atoms with Gasteiger partial charge in [0.1, 0.15) is 11.5 Å². The van der Waals surface area contributed by atoms with Crippen molar-refractivity contribution in [1.29, 1.82) is 0 Å². The maximum Gasteiger partial charge on any atom is 0.229 e. The first-order valence-electron chi connectivity index (χ1n) is 12.6. The minimum absolute atomic E-state index is 0.502. The average molecular weight is 426 g/mol. The van der Waals surface area contributed by atoms with Crippen LogP contribution >= 0.6 is 0 Å². The summed E-state index contributed by atoms with van der Waals surface area (Å²) in [6.07, 6.45) is 12.3. The lowest BCUT2D eigenvalue weighted by atomic mass is 10.1. The first-order chi connectivity index (χ1) is 15.3. The second kappa shape index (κ2) is 9.74. The predicted octanol–water partition coefficient (Wildman–Crippen LogP) is 3.41. The van der Waals surface area contributed by atoms with Crippen molar-refractivity contribution in [1.82, 2.24) is 24.3 Å². The second-order valence-corrected chi connectivity index (χ2v) is 9.79. The first kappa shape index (κ1) is 21.0. The Morgan fingerprint density at radius 2 is 1.65 bits per heavy atom. The Morgan fingerprint density at radius 1 is 0.903 bits per heavy atom. The third-order valence-electron chi connectivity index (χ3n) is 7.38. The number of hydrogen-bond donors (Lipinski definition) is 1. The molecule has 0 bridgehead atoms. The summed E-state index contributed by atoms with van der Waals surface area (Å²) in [7, 11) is 2.22. The predicted molar refractivity (Wildman–Crippen MR) is 128 cm³/mol. The van der Waals surface area contributed by atoms with Crippen LogP contribution in [0.2, 0.25) is 0 Å². The fourth-order valence-electron chi connectivity index (χ4n) is 5.40. The Balaban J connectivity index is 1.37. The van der Waals surface area contributed by atoms with Crippen LogP contribution in [0.25, 0.3) is 11.0 Å². The summed E-state index contributed by atoms with van der Waals surface area (Å²) in [5, 5.41) is 4.99. The number of nitrogens with zero attached hydrogens (tertiary/aromatic N) is 6. The van der Waals surface area contributed by atoms with E-state index in [1.54, 1.807) is 0 Å². The Hall–Kier alpha value is -1.86. The van der Waals surface area contributed by atoms with E-state index in [1.165, 1.54) is 76.4 Å². The number of aromatic nitrogens is 3. The fraction of sp³-hybridized carbons (Fsp3) is 0.750. The highest BCUT2D eigenvalue weighted by Gasteiger charge is 2.22. The molecule has 0 radical (unpaired) electrons. The lowest BCUT2D eigenvalue weighted by Crippen LogP contribution is -2.37. The van der Waals surface area contributed by atoms with E-state index in [-0.39, 0.29) is 0 Å². The minimum Gasteiger partial charge on any atom is -0.367 e. The maximum atomic E-state index is 5.09. The van der Waals surface area contributed by atoms with E-state index in [4.69, 9.17) is 9.97 Å². The zero-order valence-corrected chi connectivity index (χ0v) is 19.2. The van der Waals surface area contributed by atoms with Crippen LogP contribution in [0.3, 0.4) is 0 Å². The number of fused-ring (bicyclic) bond motifs is 1. The van der Waals surface area contributed by atoms with Crippen molar-refractivity contribution < 1.29 is 0 Å². The molecule has 3 saturated heterocycles. The molecule has 31 heavy (non-hydrogen) atoms. The molecule has 3 aliphatic rings. The van der Waals surface area contributed by atoms with Crippen LogP contribution in [0.5, 0.6) is 0 Å². The van der Waals surface area contributed by atoms with Gasteiger partial charge in [-0.2, -0.15) is 9.97 Å². The third-order valence-corrected chi connectivity index (χ3v) is 7.38. The van der Waals surface area contributed by atoms with Crippen molar-refractivity contribution in [3.8, 4) is 0 Å². The van der Waals surface area contributed by atoms with Gasteiger partial charge in [-0.1, -0.05) is 0 Å². The summed E-state index contributed by atoms with van der Waals surface area (Å²) in [5.74, 6) is 1.96. The van der Waals surface area contributed by atoms with Gasteiger partial charge in [-0.25, -0.2) is 0 Å². The summed E-state index contributed by atoms with van der Waals surface area (Å²) in [5.41, 5.74) is 1.10. The Morgan fingerprint density at radius 3 is 2.42 bits per heavy atom. The van der Waals surface area contributed by atoms with Gasteiger partial charge in [0.2, 0.25) is 5.95 Å². The maximum absolute atomic E-state index is 5.09. The molecular formula is C24H39N7. The smallest absolute Gasteiger partial charge is 0.229 e. The zero-order valence-electron chi connectivity index (χ0n) is 19.2. The second-order valence-electron chi connectivity index (χ2n) is 9.79. The van der Waals surface area contributed by atoms with Crippen molar-refractivity contribution in [2.24, 2.45) is 0 Å². The number of rotatable bonds is 7. The summed E-state index contributed by atoms with van der Waals surface area (Å²) >= 11 is 0. The topological polar surface area (TPSA) is 52.5 Å². The normalized spacial score (nSPS) is 21.9. The van der Waals surface area contributed by atoms with Crippen LogP contribution in [-0.2, 0) is 6.54 Å². The monoisotopic (exact) mass is 425 g/mol. The fourth-order valence-corrected chi connectivity index (χ4v) is 5.40. The lowest BCUT2D eigenvalue weighted by molar-refractivity contribution is 0.264. The summed E-state index contributed by atoms with van der Waals surface area (Å²) in [6.45, 7) is 9.25. The number of hydrogen-bond acceptors (Lipinski definition) is 6. The molecule has 0 aromatic carbocycles. The molecule has 0 unspecified atom stereocenters. The number of nitrogens with one attached hydrogen (secondary N) is 1.